The van der Waals surface area contributed by atoms with Gasteiger partial charge < -0.3 is 5.73 Å². The standard InChI is InChI=1S/C13H18FN/c1-4-13(3,9-15)8-11-5-6-12(14)7-10(11)2/h4-7H,1,8-9,15H2,2-3H3. The Bertz CT molecular complexity index is 360. The van der Waals surface area contributed by atoms with Crippen LogP contribution in [0, 0.1) is 18.2 Å². The molecule has 1 nitrogen and oxygen atoms in total. The molecule has 1 aromatic rings. The van der Waals surface area contributed by atoms with Gasteiger partial charge in [0.05, 0.1) is 0 Å². The maximum atomic E-state index is 12.9. The average molecular weight is 207 g/mol. The van der Waals surface area contributed by atoms with Crippen molar-refractivity contribution in [2.24, 2.45) is 11.1 Å². The monoisotopic (exact) mass is 207 g/mol. The van der Waals surface area contributed by atoms with E-state index < -0.39 is 0 Å². The highest BCUT2D eigenvalue weighted by atomic mass is 19.1. The van der Waals surface area contributed by atoms with Crippen LogP contribution in [0.4, 0.5) is 4.39 Å². The van der Waals surface area contributed by atoms with Gasteiger partial charge in [-0.25, -0.2) is 4.39 Å². The van der Waals surface area contributed by atoms with E-state index in [-0.39, 0.29) is 11.2 Å². The van der Waals surface area contributed by atoms with Gasteiger partial charge in [-0.15, -0.1) is 6.58 Å². The lowest BCUT2D eigenvalue weighted by atomic mass is 9.83. The summed E-state index contributed by atoms with van der Waals surface area (Å²) >= 11 is 0. The average Bonchev–Trinajstić information content (AvgIpc) is 2.22. The van der Waals surface area contributed by atoms with Gasteiger partial charge in [0.25, 0.3) is 0 Å². The van der Waals surface area contributed by atoms with Crippen molar-refractivity contribution >= 4 is 0 Å². The molecule has 0 fully saturated rings. The van der Waals surface area contributed by atoms with Crippen molar-refractivity contribution in [2.45, 2.75) is 20.3 Å². The fraction of sp³-hybridized carbons (Fsp3) is 0.385. The Kier molecular flexibility index (Phi) is 3.64. The molecule has 1 aromatic carbocycles. The summed E-state index contributed by atoms with van der Waals surface area (Å²) in [5, 5.41) is 0. The molecule has 2 heteroatoms. The highest BCUT2D eigenvalue weighted by molar-refractivity contribution is 5.28. The first-order chi connectivity index (χ1) is 7.00. The second-order valence-electron chi connectivity index (χ2n) is 4.31. The topological polar surface area (TPSA) is 26.0 Å². The zero-order chi connectivity index (χ0) is 11.5. The van der Waals surface area contributed by atoms with E-state index in [0.717, 1.165) is 17.5 Å². The molecule has 0 amide bonds. The minimum absolute atomic E-state index is 0.109. The summed E-state index contributed by atoms with van der Waals surface area (Å²) in [6.07, 6.45) is 2.68. The molecule has 0 aliphatic carbocycles. The Labute approximate surface area is 90.8 Å². The Morgan fingerprint density at radius 2 is 2.20 bits per heavy atom. The molecular formula is C13H18FN. The summed E-state index contributed by atoms with van der Waals surface area (Å²) in [6.45, 7) is 8.32. The molecule has 0 aliphatic rings. The zero-order valence-corrected chi connectivity index (χ0v) is 9.39. The van der Waals surface area contributed by atoms with Gasteiger partial charge in [-0.05, 0) is 36.6 Å². The minimum atomic E-state index is -0.190. The highest BCUT2D eigenvalue weighted by Gasteiger charge is 2.19. The highest BCUT2D eigenvalue weighted by Crippen LogP contribution is 2.24. The van der Waals surface area contributed by atoms with Crippen LogP contribution in [-0.2, 0) is 6.42 Å². The predicted molar refractivity (Wildman–Crippen MR) is 62.2 cm³/mol. The number of halogens is 1. The maximum absolute atomic E-state index is 12.9. The second-order valence-corrected chi connectivity index (χ2v) is 4.31. The fourth-order valence-electron chi connectivity index (χ4n) is 1.52. The summed E-state index contributed by atoms with van der Waals surface area (Å²) in [6, 6.07) is 4.86. The number of benzene rings is 1. The number of hydrogen-bond donors (Lipinski definition) is 1. The van der Waals surface area contributed by atoms with Crippen molar-refractivity contribution < 1.29 is 4.39 Å². The number of aryl methyl sites for hydroxylation is 1. The molecule has 2 N–H and O–H groups in total. The van der Waals surface area contributed by atoms with E-state index in [1.165, 1.54) is 6.07 Å². The minimum Gasteiger partial charge on any atom is -0.330 e. The van der Waals surface area contributed by atoms with Crippen LogP contribution in [0.5, 0.6) is 0 Å². The molecule has 1 unspecified atom stereocenters. The lowest BCUT2D eigenvalue weighted by Gasteiger charge is -2.24. The van der Waals surface area contributed by atoms with Crippen molar-refractivity contribution in [1.29, 1.82) is 0 Å². The van der Waals surface area contributed by atoms with Crippen LogP contribution in [0.3, 0.4) is 0 Å². The maximum Gasteiger partial charge on any atom is 0.123 e. The Morgan fingerprint density at radius 1 is 1.53 bits per heavy atom. The van der Waals surface area contributed by atoms with Crippen LogP contribution in [0.2, 0.25) is 0 Å². The molecule has 0 spiro atoms. The molecule has 0 aromatic heterocycles. The molecule has 0 saturated heterocycles. The molecule has 0 saturated carbocycles. The smallest absolute Gasteiger partial charge is 0.123 e. The number of rotatable bonds is 4. The Balaban J connectivity index is 2.94. The van der Waals surface area contributed by atoms with E-state index in [2.05, 4.69) is 13.5 Å². The normalized spacial score (nSPS) is 14.7. The molecule has 0 radical (unpaired) electrons. The first-order valence-electron chi connectivity index (χ1n) is 5.09. The van der Waals surface area contributed by atoms with E-state index in [1.807, 2.05) is 19.1 Å². The molecular weight excluding hydrogens is 189 g/mol. The van der Waals surface area contributed by atoms with E-state index in [0.29, 0.717) is 6.54 Å². The van der Waals surface area contributed by atoms with Crippen LogP contribution in [0.1, 0.15) is 18.1 Å². The first kappa shape index (κ1) is 11.9. The van der Waals surface area contributed by atoms with Gasteiger partial charge in [0.2, 0.25) is 0 Å². The summed E-state index contributed by atoms with van der Waals surface area (Å²) in [5.41, 5.74) is 7.69. The van der Waals surface area contributed by atoms with Crippen LogP contribution in [0.25, 0.3) is 0 Å². The van der Waals surface area contributed by atoms with Gasteiger partial charge in [0.15, 0.2) is 0 Å². The largest absolute Gasteiger partial charge is 0.330 e. The molecule has 15 heavy (non-hydrogen) atoms. The summed E-state index contributed by atoms with van der Waals surface area (Å²) in [5.74, 6) is -0.190. The Morgan fingerprint density at radius 3 is 2.67 bits per heavy atom. The lowest BCUT2D eigenvalue weighted by Crippen LogP contribution is -2.27. The summed E-state index contributed by atoms with van der Waals surface area (Å²) in [4.78, 5) is 0. The molecule has 1 rings (SSSR count). The van der Waals surface area contributed by atoms with Gasteiger partial charge in [0.1, 0.15) is 5.82 Å². The predicted octanol–water partition coefficient (Wildman–Crippen LogP) is 2.83. The second kappa shape index (κ2) is 4.58. The Hall–Kier alpha value is -1.15. The number of hydrogen-bond acceptors (Lipinski definition) is 1. The fourth-order valence-corrected chi connectivity index (χ4v) is 1.52. The molecule has 82 valence electrons. The third kappa shape index (κ3) is 2.90. The summed E-state index contributed by atoms with van der Waals surface area (Å²) in [7, 11) is 0. The van der Waals surface area contributed by atoms with Gasteiger partial charge in [-0.1, -0.05) is 19.1 Å². The quantitative estimate of drug-likeness (QED) is 0.755. The van der Waals surface area contributed by atoms with E-state index in [1.54, 1.807) is 6.07 Å². The lowest BCUT2D eigenvalue weighted by molar-refractivity contribution is 0.437. The van der Waals surface area contributed by atoms with Crippen LogP contribution in [-0.4, -0.2) is 6.54 Å². The van der Waals surface area contributed by atoms with E-state index >= 15 is 0 Å². The molecule has 1 atom stereocenters. The summed E-state index contributed by atoms with van der Waals surface area (Å²) < 4.78 is 12.9. The van der Waals surface area contributed by atoms with Crippen molar-refractivity contribution in [3.63, 3.8) is 0 Å². The van der Waals surface area contributed by atoms with Crippen molar-refractivity contribution in [3.05, 3.63) is 47.8 Å². The van der Waals surface area contributed by atoms with Crippen molar-refractivity contribution in [1.82, 2.24) is 0 Å². The molecule has 0 heterocycles. The third-order valence-corrected chi connectivity index (χ3v) is 2.86. The number of nitrogens with two attached hydrogens (primary N) is 1. The zero-order valence-electron chi connectivity index (χ0n) is 9.39. The van der Waals surface area contributed by atoms with E-state index in [9.17, 15) is 4.39 Å². The van der Waals surface area contributed by atoms with Gasteiger partial charge >= 0.3 is 0 Å². The molecule has 0 aliphatic heterocycles. The third-order valence-electron chi connectivity index (χ3n) is 2.86. The van der Waals surface area contributed by atoms with Gasteiger partial charge in [0, 0.05) is 12.0 Å². The van der Waals surface area contributed by atoms with Crippen molar-refractivity contribution in [2.75, 3.05) is 6.54 Å². The van der Waals surface area contributed by atoms with Crippen molar-refractivity contribution in [3.8, 4) is 0 Å². The first-order valence-corrected chi connectivity index (χ1v) is 5.09. The van der Waals surface area contributed by atoms with Gasteiger partial charge in [-0.3, -0.25) is 0 Å². The van der Waals surface area contributed by atoms with Crippen LogP contribution >= 0.6 is 0 Å². The molecule has 0 bridgehead atoms. The van der Waals surface area contributed by atoms with Gasteiger partial charge in [-0.2, -0.15) is 0 Å². The SMILES string of the molecule is C=CC(C)(CN)Cc1ccc(F)cc1C. The van der Waals surface area contributed by atoms with Crippen LogP contribution in [0.15, 0.2) is 30.9 Å². The van der Waals surface area contributed by atoms with Crippen LogP contribution < -0.4 is 5.73 Å². The van der Waals surface area contributed by atoms with E-state index in [4.69, 9.17) is 5.73 Å².